The Kier molecular flexibility index (Phi) is 4.43. The second-order valence-corrected chi connectivity index (χ2v) is 4.72. The molecule has 0 bridgehead atoms. The standard InChI is InChI=1S/C14H18N4O2/c1-10(14(19)18-4-6-20-7-5-18)17-12-3-2-11(9-15)13(16)8-12/h2-3,8,10,17H,4-7,16H2,1H3. The number of nitrogens with two attached hydrogens (primary N) is 1. The molecule has 1 atom stereocenters. The van der Waals surface area contributed by atoms with Crippen LogP contribution in [0.5, 0.6) is 0 Å². The lowest BCUT2D eigenvalue weighted by Crippen LogP contribution is -2.47. The van der Waals surface area contributed by atoms with Gasteiger partial charge in [-0.3, -0.25) is 4.79 Å². The second kappa shape index (κ2) is 6.26. The third-order valence-electron chi connectivity index (χ3n) is 3.25. The molecule has 0 aliphatic carbocycles. The molecule has 106 valence electrons. The predicted molar refractivity (Wildman–Crippen MR) is 76.1 cm³/mol. The van der Waals surface area contributed by atoms with Gasteiger partial charge >= 0.3 is 0 Å². The first-order valence-electron chi connectivity index (χ1n) is 6.54. The molecule has 1 aliphatic rings. The van der Waals surface area contributed by atoms with Gasteiger partial charge in [-0.15, -0.1) is 0 Å². The molecule has 6 heteroatoms. The van der Waals surface area contributed by atoms with E-state index in [4.69, 9.17) is 15.7 Å². The van der Waals surface area contributed by atoms with Gasteiger partial charge < -0.3 is 20.7 Å². The number of carbonyl (C=O) groups excluding carboxylic acids is 1. The van der Waals surface area contributed by atoms with Crippen LogP contribution in [-0.2, 0) is 9.53 Å². The summed E-state index contributed by atoms with van der Waals surface area (Å²) in [6.07, 6.45) is 0. The first-order valence-corrected chi connectivity index (χ1v) is 6.54. The smallest absolute Gasteiger partial charge is 0.244 e. The molecule has 0 spiro atoms. The number of ether oxygens (including phenoxy) is 1. The Labute approximate surface area is 118 Å². The number of carbonyl (C=O) groups is 1. The van der Waals surface area contributed by atoms with Gasteiger partial charge in [-0.1, -0.05) is 0 Å². The van der Waals surface area contributed by atoms with E-state index in [0.29, 0.717) is 37.6 Å². The third-order valence-corrected chi connectivity index (χ3v) is 3.25. The van der Waals surface area contributed by atoms with Crippen LogP contribution in [0.2, 0.25) is 0 Å². The first-order chi connectivity index (χ1) is 9.61. The molecule has 0 aromatic heterocycles. The van der Waals surface area contributed by atoms with E-state index in [2.05, 4.69) is 5.32 Å². The number of hydrogen-bond donors (Lipinski definition) is 2. The summed E-state index contributed by atoms with van der Waals surface area (Å²) < 4.78 is 5.23. The maximum absolute atomic E-state index is 12.2. The van der Waals surface area contributed by atoms with Gasteiger partial charge in [-0.05, 0) is 25.1 Å². The number of morpholine rings is 1. The van der Waals surface area contributed by atoms with Crippen molar-refractivity contribution < 1.29 is 9.53 Å². The molecule has 1 fully saturated rings. The van der Waals surface area contributed by atoms with Gasteiger partial charge in [0.25, 0.3) is 0 Å². The lowest BCUT2D eigenvalue weighted by Gasteiger charge is -2.29. The molecule has 1 unspecified atom stereocenters. The second-order valence-electron chi connectivity index (χ2n) is 4.72. The van der Waals surface area contributed by atoms with E-state index in [1.807, 2.05) is 13.0 Å². The highest BCUT2D eigenvalue weighted by Crippen LogP contribution is 2.18. The molecule has 20 heavy (non-hydrogen) atoms. The van der Waals surface area contributed by atoms with Crippen molar-refractivity contribution in [1.82, 2.24) is 4.90 Å². The maximum Gasteiger partial charge on any atom is 0.244 e. The molecule has 6 nitrogen and oxygen atoms in total. The summed E-state index contributed by atoms with van der Waals surface area (Å²) >= 11 is 0. The number of hydrogen-bond acceptors (Lipinski definition) is 5. The Morgan fingerprint density at radius 3 is 2.80 bits per heavy atom. The molecule has 2 rings (SSSR count). The number of nitriles is 1. The lowest BCUT2D eigenvalue weighted by atomic mass is 10.1. The van der Waals surface area contributed by atoms with Gasteiger partial charge in [0.05, 0.1) is 24.5 Å². The Morgan fingerprint density at radius 1 is 1.50 bits per heavy atom. The predicted octanol–water partition coefficient (Wildman–Crippen LogP) is 0.800. The fourth-order valence-electron chi connectivity index (χ4n) is 2.12. The highest BCUT2D eigenvalue weighted by molar-refractivity contribution is 5.84. The minimum atomic E-state index is -0.347. The van der Waals surface area contributed by atoms with Crippen LogP contribution in [0.25, 0.3) is 0 Å². The SMILES string of the molecule is CC(Nc1ccc(C#N)c(N)c1)C(=O)N1CCOCC1. The van der Waals surface area contributed by atoms with Gasteiger partial charge in [-0.2, -0.15) is 5.26 Å². The number of nitrogens with zero attached hydrogens (tertiary/aromatic N) is 2. The summed E-state index contributed by atoms with van der Waals surface area (Å²) in [5.41, 5.74) is 7.32. The van der Waals surface area contributed by atoms with Crippen LogP contribution in [0.15, 0.2) is 18.2 Å². The van der Waals surface area contributed by atoms with E-state index in [9.17, 15) is 4.79 Å². The van der Waals surface area contributed by atoms with Crippen molar-refractivity contribution in [3.8, 4) is 6.07 Å². The van der Waals surface area contributed by atoms with Crippen molar-refractivity contribution in [3.63, 3.8) is 0 Å². The summed E-state index contributed by atoms with van der Waals surface area (Å²) in [6.45, 7) is 4.23. The third kappa shape index (κ3) is 3.19. The van der Waals surface area contributed by atoms with E-state index in [1.54, 1.807) is 23.1 Å². The monoisotopic (exact) mass is 274 g/mol. The van der Waals surface area contributed by atoms with E-state index in [-0.39, 0.29) is 11.9 Å². The number of nitrogens with one attached hydrogen (secondary N) is 1. The largest absolute Gasteiger partial charge is 0.398 e. The summed E-state index contributed by atoms with van der Waals surface area (Å²) in [5, 5.41) is 11.9. The van der Waals surface area contributed by atoms with E-state index < -0.39 is 0 Å². The number of anilines is 2. The molecule has 1 saturated heterocycles. The highest BCUT2D eigenvalue weighted by Gasteiger charge is 2.22. The fraction of sp³-hybridized carbons (Fsp3) is 0.429. The topological polar surface area (TPSA) is 91.4 Å². The zero-order valence-corrected chi connectivity index (χ0v) is 11.4. The first kappa shape index (κ1) is 14.2. The minimum Gasteiger partial charge on any atom is -0.398 e. The molecule has 1 amide bonds. The van der Waals surface area contributed by atoms with Gasteiger partial charge in [0.1, 0.15) is 12.1 Å². The van der Waals surface area contributed by atoms with Gasteiger partial charge in [0.2, 0.25) is 5.91 Å². The molecular weight excluding hydrogens is 256 g/mol. The van der Waals surface area contributed by atoms with Crippen molar-refractivity contribution in [3.05, 3.63) is 23.8 Å². The van der Waals surface area contributed by atoms with Crippen LogP contribution in [-0.4, -0.2) is 43.2 Å². The van der Waals surface area contributed by atoms with Crippen LogP contribution in [0.4, 0.5) is 11.4 Å². The van der Waals surface area contributed by atoms with Crippen molar-refractivity contribution in [2.75, 3.05) is 37.4 Å². The number of amides is 1. The summed E-state index contributed by atoms with van der Waals surface area (Å²) in [4.78, 5) is 14.0. The summed E-state index contributed by atoms with van der Waals surface area (Å²) in [6, 6.07) is 6.72. The quantitative estimate of drug-likeness (QED) is 0.795. The van der Waals surface area contributed by atoms with Crippen molar-refractivity contribution >= 4 is 17.3 Å². The Balaban J connectivity index is 2.00. The van der Waals surface area contributed by atoms with E-state index >= 15 is 0 Å². The molecular formula is C14H18N4O2. The van der Waals surface area contributed by atoms with Gasteiger partial charge in [0, 0.05) is 18.8 Å². The molecule has 1 heterocycles. The summed E-state index contributed by atoms with van der Waals surface area (Å²) in [7, 11) is 0. The molecule has 1 aliphatic heterocycles. The van der Waals surface area contributed by atoms with Crippen molar-refractivity contribution in [2.24, 2.45) is 0 Å². The number of rotatable bonds is 3. The Bertz CT molecular complexity index is 532. The van der Waals surface area contributed by atoms with Crippen LogP contribution in [0, 0.1) is 11.3 Å². The zero-order valence-electron chi connectivity index (χ0n) is 11.4. The van der Waals surface area contributed by atoms with Crippen LogP contribution < -0.4 is 11.1 Å². The fourth-order valence-corrected chi connectivity index (χ4v) is 2.12. The van der Waals surface area contributed by atoms with E-state index in [0.717, 1.165) is 5.69 Å². The molecule has 3 N–H and O–H groups in total. The number of benzene rings is 1. The molecule has 0 radical (unpaired) electrons. The highest BCUT2D eigenvalue weighted by atomic mass is 16.5. The average molecular weight is 274 g/mol. The Morgan fingerprint density at radius 2 is 2.20 bits per heavy atom. The van der Waals surface area contributed by atoms with Crippen LogP contribution in [0.3, 0.4) is 0 Å². The molecule has 1 aromatic rings. The van der Waals surface area contributed by atoms with Gasteiger partial charge in [-0.25, -0.2) is 0 Å². The van der Waals surface area contributed by atoms with Crippen LogP contribution >= 0.6 is 0 Å². The molecule has 0 saturated carbocycles. The average Bonchev–Trinajstić information content (AvgIpc) is 2.47. The zero-order chi connectivity index (χ0) is 14.5. The Hall–Kier alpha value is -2.26. The van der Waals surface area contributed by atoms with Crippen molar-refractivity contribution in [2.45, 2.75) is 13.0 Å². The lowest BCUT2D eigenvalue weighted by molar-refractivity contribution is -0.135. The van der Waals surface area contributed by atoms with Crippen LogP contribution in [0.1, 0.15) is 12.5 Å². The van der Waals surface area contributed by atoms with Crippen molar-refractivity contribution in [1.29, 1.82) is 5.26 Å². The van der Waals surface area contributed by atoms with Gasteiger partial charge in [0.15, 0.2) is 0 Å². The number of nitrogen functional groups attached to an aromatic ring is 1. The van der Waals surface area contributed by atoms with E-state index in [1.165, 1.54) is 0 Å². The summed E-state index contributed by atoms with van der Waals surface area (Å²) in [5.74, 6) is 0.0382. The maximum atomic E-state index is 12.2. The molecule has 1 aromatic carbocycles. The minimum absolute atomic E-state index is 0.0382. The normalized spacial score (nSPS) is 16.3.